The summed E-state index contributed by atoms with van der Waals surface area (Å²) in [7, 11) is -3.44. The van der Waals surface area contributed by atoms with Gasteiger partial charge in [-0.25, -0.2) is 8.42 Å². The number of piperazine rings is 1. The summed E-state index contributed by atoms with van der Waals surface area (Å²) in [5.41, 5.74) is 2.79. The molecule has 0 radical (unpaired) electrons. The largest absolute Gasteiger partial charge is 0.348 e. The number of hydrogen-bond donors (Lipinski definition) is 1. The molecular weight excluding hydrogens is 422 g/mol. The lowest BCUT2D eigenvalue weighted by Crippen LogP contribution is -2.48. The minimum Gasteiger partial charge on any atom is -0.348 e. The molecule has 3 aromatic rings. The van der Waals surface area contributed by atoms with Crippen LogP contribution in [-0.2, 0) is 23.1 Å². The van der Waals surface area contributed by atoms with Gasteiger partial charge >= 0.3 is 0 Å². The summed E-state index contributed by atoms with van der Waals surface area (Å²) in [5.74, 6) is -0.0971. The van der Waals surface area contributed by atoms with Gasteiger partial charge in [-0.15, -0.1) is 0 Å². The fourth-order valence-corrected chi connectivity index (χ4v) is 5.21. The van der Waals surface area contributed by atoms with Crippen molar-refractivity contribution in [2.45, 2.75) is 18.0 Å². The molecule has 6 nitrogen and oxygen atoms in total. The predicted octanol–water partition coefficient (Wildman–Crippen LogP) is 3.12. The number of sulfonamides is 1. The Bertz CT molecular complexity index is 1130. The Kier molecular flexibility index (Phi) is 6.99. The SMILES string of the molecule is O=C(NCc1ccccc1)c1ccc(CN2CCN(S(=O)(=O)c3ccccc3)CC2)cc1. The molecule has 1 fully saturated rings. The lowest BCUT2D eigenvalue weighted by Gasteiger charge is -2.34. The van der Waals surface area contributed by atoms with E-state index < -0.39 is 10.0 Å². The number of carbonyl (C=O) groups excluding carboxylic acids is 1. The van der Waals surface area contributed by atoms with Gasteiger partial charge in [0.15, 0.2) is 0 Å². The van der Waals surface area contributed by atoms with Crippen LogP contribution >= 0.6 is 0 Å². The van der Waals surface area contributed by atoms with E-state index in [1.54, 1.807) is 28.6 Å². The van der Waals surface area contributed by atoms with Crippen LogP contribution in [0.3, 0.4) is 0 Å². The number of rotatable bonds is 7. The third kappa shape index (κ3) is 5.43. The number of nitrogens with one attached hydrogen (secondary N) is 1. The Labute approximate surface area is 189 Å². The average molecular weight is 450 g/mol. The molecule has 0 aromatic heterocycles. The third-order valence-electron chi connectivity index (χ3n) is 5.63. The summed E-state index contributed by atoms with van der Waals surface area (Å²) in [4.78, 5) is 15.0. The van der Waals surface area contributed by atoms with E-state index >= 15 is 0 Å². The van der Waals surface area contributed by atoms with E-state index in [4.69, 9.17) is 0 Å². The van der Waals surface area contributed by atoms with Gasteiger partial charge in [-0.2, -0.15) is 4.31 Å². The minimum atomic E-state index is -3.44. The van der Waals surface area contributed by atoms with Crippen LogP contribution in [0.15, 0.2) is 89.8 Å². The molecule has 1 aliphatic heterocycles. The molecule has 166 valence electrons. The zero-order chi connectivity index (χ0) is 22.4. The van der Waals surface area contributed by atoms with Gasteiger partial charge in [-0.3, -0.25) is 9.69 Å². The summed E-state index contributed by atoms with van der Waals surface area (Å²) >= 11 is 0. The van der Waals surface area contributed by atoms with Crippen molar-refractivity contribution in [2.24, 2.45) is 0 Å². The van der Waals surface area contributed by atoms with E-state index in [1.165, 1.54) is 0 Å². The maximum atomic E-state index is 12.8. The minimum absolute atomic E-state index is 0.0971. The molecule has 0 aliphatic carbocycles. The number of amides is 1. The van der Waals surface area contributed by atoms with Crippen molar-refractivity contribution in [3.05, 3.63) is 102 Å². The van der Waals surface area contributed by atoms with Crippen molar-refractivity contribution in [1.29, 1.82) is 0 Å². The molecule has 1 saturated heterocycles. The van der Waals surface area contributed by atoms with E-state index in [9.17, 15) is 13.2 Å². The number of carbonyl (C=O) groups is 1. The molecule has 0 spiro atoms. The zero-order valence-electron chi connectivity index (χ0n) is 17.9. The van der Waals surface area contributed by atoms with Crippen LogP contribution in [0.2, 0.25) is 0 Å². The highest BCUT2D eigenvalue weighted by atomic mass is 32.2. The van der Waals surface area contributed by atoms with E-state index in [2.05, 4.69) is 10.2 Å². The van der Waals surface area contributed by atoms with Crippen LogP contribution in [0.4, 0.5) is 0 Å². The summed E-state index contributed by atoms with van der Waals surface area (Å²) in [5, 5.41) is 2.94. The van der Waals surface area contributed by atoms with Crippen LogP contribution in [0, 0.1) is 0 Å². The molecule has 0 unspecified atom stereocenters. The van der Waals surface area contributed by atoms with Crippen LogP contribution in [0.5, 0.6) is 0 Å². The molecule has 4 rings (SSSR count). The first-order valence-electron chi connectivity index (χ1n) is 10.7. The zero-order valence-corrected chi connectivity index (χ0v) is 18.7. The first-order valence-corrected chi connectivity index (χ1v) is 12.1. The van der Waals surface area contributed by atoms with Gasteiger partial charge in [-0.05, 0) is 35.4 Å². The highest BCUT2D eigenvalue weighted by Crippen LogP contribution is 2.18. The summed E-state index contributed by atoms with van der Waals surface area (Å²) in [6.07, 6.45) is 0. The standard InChI is InChI=1S/C25H27N3O3S/c29-25(26-19-21-7-3-1-4-8-21)23-13-11-22(12-14-23)20-27-15-17-28(18-16-27)32(30,31)24-9-5-2-6-10-24/h1-14H,15-20H2,(H,26,29). The Morgan fingerprint density at radius 2 is 1.34 bits per heavy atom. The fraction of sp³-hybridized carbons (Fsp3) is 0.240. The fourth-order valence-electron chi connectivity index (χ4n) is 3.77. The Morgan fingerprint density at radius 1 is 0.750 bits per heavy atom. The summed E-state index contributed by atoms with van der Waals surface area (Å²) < 4.78 is 27.1. The predicted molar refractivity (Wildman–Crippen MR) is 125 cm³/mol. The lowest BCUT2D eigenvalue weighted by molar-refractivity contribution is 0.0951. The molecule has 1 heterocycles. The Hall–Kier alpha value is -3.00. The van der Waals surface area contributed by atoms with E-state index in [0.29, 0.717) is 43.2 Å². The van der Waals surface area contributed by atoms with Crippen LogP contribution < -0.4 is 5.32 Å². The lowest BCUT2D eigenvalue weighted by atomic mass is 10.1. The third-order valence-corrected chi connectivity index (χ3v) is 7.54. The highest BCUT2D eigenvalue weighted by Gasteiger charge is 2.28. The smallest absolute Gasteiger partial charge is 0.251 e. The van der Waals surface area contributed by atoms with Crippen LogP contribution in [-0.4, -0.2) is 49.7 Å². The monoisotopic (exact) mass is 449 g/mol. The molecule has 7 heteroatoms. The number of nitrogens with zero attached hydrogens (tertiary/aromatic N) is 2. The second-order valence-electron chi connectivity index (χ2n) is 7.86. The van der Waals surface area contributed by atoms with Gasteiger partial charge in [0.05, 0.1) is 4.90 Å². The average Bonchev–Trinajstić information content (AvgIpc) is 2.84. The molecule has 0 saturated carbocycles. The molecule has 0 atom stereocenters. The van der Waals surface area contributed by atoms with Crippen LogP contribution in [0.25, 0.3) is 0 Å². The molecule has 1 aliphatic rings. The second-order valence-corrected chi connectivity index (χ2v) is 9.80. The summed E-state index contributed by atoms with van der Waals surface area (Å²) in [6.45, 7) is 3.51. The van der Waals surface area contributed by atoms with Crippen molar-refractivity contribution in [3.8, 4) is 0 Å². The van der Waals surface area contributed by atoms with E-state index in [-0.39, 0.29) is 5.91 Å². The van der Waals surface area contributed by atoms with Gasteiger partial charge in [0.2, 0.25) is 10.0 Å². The van der Waals surface area contributed by atoms with Gasteiger partial charge in [0.25, 0.3) is 5.91 Å². The summed E-state index contributed by atoms with van der Waals surface area (Å²) in [6, 6.07) is 26.0. The van der Waals surface area contributed by atoms with E-state index in [1.807, 2.05) is 60.7 Å². The maximum absolute atomic E-state index is 12.8. The molecular formula is C25H27N3O3S. The first-order chi connectivity index (χ1) is 15.5. The number of benzene rings is 3. The molecule has 3 aromatic carbocycles. The normalized spacial score (nSPS) is 15.4. The second kappa shape index (κ2) is 10.1. The highest BCUT2D eigenvalue weighted by molar-refractivity contribution is 7.89. The Balaban J connectivity index is 1.28. The Morgan fingerprint density at radius 3 is 1.97 bits per heavy atom. The molecule has 1 N–H and O–H groups in total. The van der Waals surface area contributed by atoms with Gasteiger partial charge in [0.1, 0.15) is 0 Å². The topological polar surface area (TPSA) is 69.7 Å². The quantitative estimate of drug-likeness (QED) is 0.602. The first kappa shape index (κ1) is 22.2. The van der Waals surface area contributed by atoms with Gasteiger partial charge in [0, 0.05) is 44.8 Å². The van der Waals surface area contributed by atoms with E-state index in [0.717, 1.165) is 17.7 Å². The number of hydrogen-bond acceptors (Lipinski definition) is 4. The van der Waals surface area contributed by atoms with Gasteiger partial charge < -0.3 is 5.32 Å². The van der Waals surface area contributed by atoms with Gasteiger partial charge in [-0.1, -0.05) is 60.7 Å². The van der Waals surface area contributed by atoms with Crippen molar-refractivity contribution < 1.29 is 13.2 Å². The maximum Gasteiger partial charge on any atom is 0.251 e. The van der Waals surface area contributed by atoms with Crippen molar-refractivity contribution in [2.75, 3.05) is 26.2 Å². The molecule has 32 heavy (non-hydrogen) atoms. The van der Waals surface area contributed by atoms with Crippen molar-refractivity contribution in [1.82, 2.24) is 14.5 Å². The molecule has 0 bridgehead atoms. The van der Waals surface area contributed by atoms with Crippen LogP contribution in [0.1, 0.15) is 21.5 Å². The van der Waals surface area contributed by atoms with Crippen molar-refractivity contribution in [3.63, 3.8) is 0 Å². The molecule has 1 amide bonds. The van der Waals surface area contributed by atoms with Crippen molar-refractivity contribution >= 4 is 15.9 Å².